The Bertz CT molecular complexity index is 1580. The van der Waals surface area contributed by atoms with Crippen molar-refractivity contribution in [2.24, 2.45) is 0 Å². The van der Waals surface area contributed by atoms with Crippen LogP contribution in [0.15, 0.2) is 71.6 Å². The summed E-state index contributed by atoms with van der Waals surface area (Å²) in [6.45, 7) is 6.80. The Morgan fingerprint density at radius 1 is 0.867 bits per heavy atom. The molecule has 0 radical (unpaired) electrons. The lowest BCUT2D eigenvalue weighted by Crippen LogP contribution is -2.12. The van der Waals surface area contributed by atoms with Gasteiger partial charge < -0.3 is 4.42 Å². The second-order valence-corrected chi connectivity index (χ2v) is 9.77. The molecule has 0 unspecified atom stereocenters. The van der Waals surface area contributed by atoms with Crippen LogP contribution in [0.1, 0.15) is 26.3 Å². The molecule has 0 amide bonds. The third kappa shape index (κ3) is 2.50. The first-order chi connectivity index (χ1) is 14.5. The summed E-state index contributed by atoms with van der Waals surface area (Å²) in [4.78, 5) is 10.4. The van der Waals surface area contributed by atoms with Crippen LogP contribution in [-0.2, 0) is 5.41 Å². The van der Waals surface area contributed by atoms with Gasteiger partial charge in [-0.1, -0.05) is 45.0 Å². The van der Waals surface area contributed by atoms with E-state index in [4.69, 9.17) is 9.40 Å². The third-order valence-electron chi connectivity index (χ3n) is 5.81. The maximum atomic E-state index is 5.61. The highest BCUT2D eigenvalue weighted by molar-refractivity contribution is 7.26. The predicted molar refractivity (Wildman–Crippen MR) is 126 cm³/mol. The molecule has 0 aliphatic carbocycles. The Balaban J connectivity index is 1.73. The Morgan fingerprint density at radius 2 is 1.73 bits per heavy atom. The molecule has 3 aromatic carbocycles. The first kappa shape index (κ1) is 17.6. The van der Waals surface area contributed by atoms with Crippen LogP contribution in [0.3, 0.4) is 0 Å². The molecule has 3 nitrogen and oxygen atoms in total. The van der Waals surface area contributed by atoms with Crippen molar-refractivity contribution in [1.29, 1.82) is 0 Å². The lowest BCUT2D eigenvalue weighted by molar-refractivity contribution is 0.596. The zero-order valence-corrected chi connectivity index (χ0v) is 17.9. The second kappa shape index (κ2) is 6.13. The smallest absolute Gasteiger partial charge is 0.135 e. The van der Waals surface area contributed by atoms with Crippen molar-refractivity contribution in [2.75, 3.05) is 0 Å². The molecule has 3 aromatic heterocycles. The van der Waals surface area contributed by atoms with Crippen LogP contribution in [-0.4, -0.2) is 9.97 Å². The fraction of sp³-hybridized carbons (Fsp3) is 0.154. The van der Waals surface area contributed by atoms with Crippen molar-refractivity contribution >= 4 is 53.4 Å². The van der Waals surface area contributed by atoms with Gasteiger partial charge in [0.15, 0.2) is 0 Å². The van der Waals surface area contributed by atoms with E-state index in [-0.39, 0.29) is 5.41 Å². The van der Waals surface area contributed by atoms with Crippen LogP contribution in [0.5, 0.6) is 0 Å². The number of hydrogen-bond acceptors (Lipinski definition) is 4. The standard InChI is InChI=1S/C26H20N2OS/c1-26(2,3)20-13-16(12-15-6-4-5-7-17(15)20)23-22-19-8-9-21-18(10-11-29-21)24(19)30-25(22)28-14-27-23/h4-14H,1-3H3. The topological polar surface area (TPSA) is 38.9 Å². The zero-order chi connectivity index (χ0) is 20.5. The van der Waals surface area contributed by atoms with E-state index in [9.17, 15) is 0 Å². The summed E-state index contributed by atoms with van der Waals surface area (Å²) in [6.07, 6.45) is 3.44. The largest absolute Gasteiger partial charge is 0.464 e. The number of aromatic nitrogens is 2. The van der Waals surface area contributed by atoms with Gasteiger partial charge in [-0.15, -0.1) is 11.3 Å². The Labute approximate surface area is 178 Å². The summed E-state index contributed by atoms with van der Waals surface area (Å²) < 4.78 is 6.81. The SMILES string of the molecule is CC(C)(C)c1cc(-c2ncnc3sc4c5ccoc5ccc4c23)cc2ccccc12. The van der Waals surface area contributed by atoms with E-state index in [1.807, 2.05) is 12.1 Å². The fourth-order valence-electron chi connectivity index (χ4n) is 4.40. The van der Waals surface area contributed by atoms with Crippen LogP contribution in [0.25, 0.3) is 53.3 Å². The lowest BCUT2D eigenvalue weighted by atomic mass is 9.82. The molecule has 4 heteroatoms. The monoisotopic (exact) mass is 408 g/mol. The molecule has 0 fully saturated rings. The summed E-state index contributed by atoms with van der Waals surface area (Å²) in [5.41, 5.74) is 4.40. The van der Waals surface area contributed by atoms with Crippen molar-refractivity contribution in [1.82, 2.24) is 9.97 Å². The highest BCUT2D eigenvalue weighted by Crippen LogP contribution is 2.42. The molecular formula is C26H20N2OS. The molecular weight excluding hydrogens is 388 g/mol. The van der Waals surface area contributed by atoms with E-state index in [0.29, 0.717) is 0 Å². The first-order valence-electron chi connectivity index (χ1n) is 10.1. The summed E-state index contributed by atoms with van der Waals surface area (Å²) in [6, 6.07) is 19.4. The number of thiophene rings is 1. The molecule has 0 aliphatic rings. The molecule has 0 bridgehead atoms. The molecule has 0 spiro atoms. The molecule has 0 N–H and O–H groups in total. The van der Waals surface area contributed by atoms with E-state index >= 15 is 0 Å². The summed E-state index contributed by atoms with van der Waals surface area (Å²) in [5.74, 6) is 0. The molecule has 3 heterocycles. The second-order valence-electron chi connectivity index (χ2n) is 8.77. The van der Waals surface area contributed by atoms with Gasteiger partial charge >= 0.3 is 0 Å². The highest BCUT2D eigenvalue weighted by atomic mass is 32.1. The van der Waals surface area contributed by atoms with Crippen LogP contribution < -0.4 is 0 Å². The van der Waals surface area contributed by atoms with Gasteiger partial charge in [-0.05, 0) is 52.1 Å². The summed E-state index contributed by atoms with van der Waals surface area (Å²) in [5, 5.41) is 5.98. The Hall–Kier alpha value is -3.24. The molecule has 30 heavy (non-hydrogen) atoms. The maximum Gasteiger partial charge on any atom is 0.135 e. The first-order valence-corrected chi connectivity index (χ1v) is 10.9. The van der Waals surface area contributed by atoms with Gasteiger partial charge in [0.25, 0.3) is 0 Å². The molecule has 6 rings (SSSR count). The normalized spacial score (nSPS) is 12.5. The average Bonchev–Trinajstić information content (AvgIpc) is 3.36. The van der Waals surface area contributed by atoms with Gasteiger partial charge in [0.05, 0.1) is 12.0 Å². The van der Waals surface area contributed by atoms with E-state index in [0.717, 1.165) is 32.4 Å². The minimum Gasteiger partial charge on any atom is -0.464 e. The molecule has 0 aliphatic heterocycles. The van der Waals surface area contributed by atoms with Gasteiger partial charge in [0.2, 0.25) is 0 Å². The lowest BCUT2D eigenvalue weighted by Gasteiger charge is -2.22. The quantitative estimate of drug-likeness (QED) is 0.280. The number of rotatable bonds is 1. The van der Waals surface area contributed by atoms with Crippen molar-refractivity contribution in [2.45, 2.75) is 26.2 Å². The van der Waals surface area contributed by atoms with Crippen LogP contribution >= 0.6 is 11.3 Å². The van der Waals surface area contributed by atoms with Gasteiger partial charge in [0.1, 0.15) is 16.7 Å². The van der Waals surface area contributed by atoms with Crippen molar-refractivity contribution < 1.29 is 4.42 Å². The van der Waals surface area contributed by atoms with E-state index in [2.05, 4.69) is 68.2 Å². The van der Waals surface area contributed by atoms with E-state index in [1.54, 1.807) is 23.9 Å². The number of furan rings is 1. The van der Waals surface area contributed by atoms with Crippen molar-refractivity contribution in [3.05, 3.63) is 72.8 Å². The predicted octanol–water partition coefficient (Wildman–Crippen LogP) is 7.71. The summed E-state index contributed by atoms with van der Waals surface area (Å²) >= 11 is 1.71. The minimum atomic E-state index is 0.0292. The van der Waals surface area contributed by atoms with Gasteiger partial charge in [-0.3, -0.25) is 0 Å². The van der Waals surface area contributed by atoms with Crippen molar-refractivity contribution in [3.8, 4) is 11.3 Å². The molecule has 6 aromatic rings. The fourth-order valence-corrected chi connectivity index (χ4v) is 5.56. The number of fused-ring (bicyclic) bond motifs is 6. The van der Waals surface area contributed by atoms with E-state index in [1.165, 1.54) is 26.4 Å². The van der Waals surface area contributed by atoms with Gasteiger partial charge in [0, 0.05) is 26.4 Å². The van der Waals surface area contributed by atoms with Gasteiger partial charge in [-0.25, -0.2) is 9.97 Å². The molecule has 146 valence electrons. The minimum absolute atomic E-state index is 0.0292. The Kier molecular flexibility index (Phi) is 3.60. The van der Waals surface area contributed by atoms with Crippen LogP contribution in [0.2, 0.25) is 0 Å². The van der Waals surface area contributed by atoms with Crippen LogP contribution in [0.4, 0.5) is 0 Å². The zero-order valence-electron chi connectivity index (χ0n) is 17.1. The molecule has 0 saturated carbocycles. The molecule has 0 saturated heterocycles. The van der Waals surface area contributed by atoms with Crippen LogP contribution in [0, 0.1) is 0 Å². The number of benzene rings is 3. The molecule has 0 atom stereocenters. The Morgan fingerprint density at radius 3 is 2.60 bits per heavy atom. The summed E-state index contributed by atoms with van der Waals surface area (Å²) in [7, 11) is 0. The average molecular weight is 409 g/mol. The van der Waals surface area contributed by atoms with Crippen molar-refractivity contribution in [3.63, 3.8) is 0 Å². The highest BCUT2D eigenvalue weighted by Gasteiger charge is 2.21. The van der Waals surface area contributed by atoms with E-state index < -0.39 is 0 Å². The number of nitrogens with zero attached hydrogens (tertiary/aromatic N) is 2. The van der Waals surface area contributed by atoms with Gasteiger partial charge in [-0.2, -0.15) is 0 Å². The maximum absolute atomic E-state index is 5.61. The third-order valence-corrected chi connectivity index (χ3v) is 6.96. The number of hydrogen-bond donors (Lipinski definition) is 0.